The van der Waals surface area contributed by atoms with Gasteiger partial charge in [-0.1, -0.05) is 58.9 Å². The third kappa shape index (κ3) is 5.46. The van der Waals surface area contributed by atoms with Crippen molar-refractivity contribution in [3.63, 3.8) is 0 Å². The van der Waals surface area contributed by atoms with E-state index in [1.165, 1.54) is 0 Å². The Hall–Kier alpha value is -2.80. The number of hydrogen-bond acceptors (Lipinski definition) is 3. The first-order valence-electron chi connectivity index (χ1n) is 11.9. The summed E-state index contributed by atoms with van der Waals surface area (Å²) in [6.07, 6.45) is 0. The van der Waals surface area contributed by atoms with Crippen LogP contribution in [-0.2, 0) is 20.1 Å². The summed E-state index contributed by atoms with van der Waals surface area (Å²) in [5, 5.41) is 7.37. The summed E-state index contributed by atoms with van der Waals surface area (Å²) in [6.45, 7) is 12.0. The molecule has 1 aliphatic carbocycles. The maximum atomic E-state index is 4.58. The van der Waals surface area contributed by atoms with Gasteiger partial charge in [-0.2, -0.15) is 5.10 Å². The van der Waals surface area contributed by atoms with E-state index in [1.54, 1.807) is 0 Å². The SMILES string of the molecule is CC1C(C)C(C)C(C)C1C.O.[CH3-].[Ir].c1ccc2[nH]c(-c3cc(-c4nc5ccccc5[nH]4)[nH]n3)nc2c1. The summed E-state index contributed by atoms with van der Waals surface area (Å²) >= 11 is 0. The molecule has 1 saturated carbocycles. The number of rotatable bonds is 2. The van der Waals surface area contributed by atoms with Crippen molar-refractivity contribution in [2.45, 2.75) is 34.6 Å². The van der Waals surface area contributed by atoms with Crippen molar-refractivity contribution in [1.82, 2.24) is 30.1 Å². The van der Waals surface area contributed by atoms with Crippen LogP contribution in [0, 0.1) is 37.0 Å². The number of H-pyrrole nitrogens is 3. The van der Waals surface area contributed by atoms with Gasteiger partial charge >= 0.3 is 0 Å². The predicted octanol–water partition coefficient (Wildman–Crippen LogP) is 6.30. The van der Waals surface area contributed by atoms with E-state index in [2.05, 4.69) is 64.8 Å². The molecule has 0 saturated heterocycles. The molecule has 0 spiro atoms. The fourth-order valence-electron chi connectivity index (χ4n) is 5.11. The molecule has 8 heteroatoms. The molecular formula is C28H37IrN6O-. The maximum Gasteiger partial charge on any atom is 0.159 e. The Kier molecular flexibility index (Phi) is 9.77. The van der Waals surface area contributed by atoms with Crippen molar-refractivity contribution in [3.8, 4) is 23.0 Å². The summed E-state index contributed by atoms with van der Waals surface area (Å²) < 4.78 is 0. The number of nitrogens with one attached hydrogen (secondary N) is 3. The number of para-hydroxylation sites is 4. The van der Waals surface area contributed by atoms with Crippen LogP contribution in [0.25, 0.3) is 45.1 Å². The fraction of sp³-hybridized carbons (Fsp3) is 0.357. The van der Waals surface area contributed by atoms with Crippen molar-refractivity contribution in [2.75, 3.05) is 0 Å². The minimum atomic E-state index is 0. The fourth-order valence-corrected chi connectivity index (χ4v) is 5.11. The Bertz CT molecular complexity index is 1190. The van der Waals surface area contributed by atoms with Gasteiger partial charge in [0.05, 0.1) is 22.1 Å². The summed E-state index contributed by atoms with van der Waals surface area (Å²) in [6, 6.07) is 17.8. The van der Waals surface area contributed by atoms with Crippen LogP contribution in [0.2, 0.25) is 0 Å². The molecule has 3 heterocycles. The number of nitrogens with zero attached hydrogens (tertiary/aromatic N) is 3. The first-order chi connectivity index (χ1) is 15.9. The van der Waals surface area contributed by atoms with Gasteiger partial charge in [0.2, 0.25) is 0 Å². The van der Waals surface area contributed by atoms with Crippen LogP contribution in [0.3, 0.4) is 0 Å². The van der Waals surface area contributed by atoms with Gasteiger partial charge in [-0.25, -0.2) is 9.97 Å². The van der Waals surface area contributed by atoms with Crippen LogP contribution in [0.1, 0.15) is 34.6 Å². The quantitative estimate of drug-likeness (QED) is 0.192. The van der Waals surface area contributed by atoms with Crippen molar-refractivity contribution in [3.05, 3.63) is 62.0 Å². The normalized spacial score (nSPS) is 22.8. The molecule has 0 amide bonds. The molecule has 5 aromatic rings. The van der Waals surface area contributed by atoms with E-state index < -0.39 is 0 Å². The third-order valence-corrected chi connectivity index (χ3v) is 8.00. The smallest absolute Gasteiger partial charge is 0.159 e. The zero-order valence-electron chi connectivity index (χ0n) is 21.8. The molecule has 5 N–H and O–H groups in total. The Morgan fingerprint density at radius 3 is 1.53 bits per heavy atom. The molecule has 1 radical (unpaired) electrons. The number of aromatic amines is 3. The second-order valence-corrected chi connectivity index (χ2v) is 9.67. The molecule has 3 aromatic heterocycles. The molecule has 1 aliphatic rings. The molecular weight excluding hydrogens is 629 g/mol. The molecule has 1 fully saturated rings. The molecule has 2 aromatic carbocycles. The van der Waals surface area contributed by atoms with Gasteiger partial charge in [0.25, 0.3) is 0 Å². The van der Waals surface area contributed by atoms with Crippen molar-refractivity contribution >= 4 is 22.1 Å². The predicted molar refractivity (Wildman–Crippen MR) is 145 cm³/mol. The third-order valence-electron chi connectivity index (χ3n) is 8.00. The van der Waals surface area contributed by atoms with Crippen molar-refractivity contribution in [1.29, 1.82) is 0 Å². The molecule has 36 heavy (non-hydrogen) atoms. The van der Waals surface area contributed by atoms with Crippen LogP contribution < -0.4 is 0 Å². The first kappa shape index (κ1) is 29.4. The van der Waals surface area contributed by atoms with Crippen LogP contribution in [0.5, 0.6) is 0 Å². The maximum absolute atomic E-state index is 4.58. The standard InChI is InChI=1S/C17H12N6.C10H20.CH3.Ir.H2O/c1-2-6-11-10(5-1)18-16(19-11)14-9-15(23-22-14)17-20-12-7-3-4-8-13(12)21-17;1-6-7(2)9(4)10(5)8(6)3;;;/h1-9H,(H,18,19)(H,20,21)(H,22,23);6-10H,1-5H3;1H3;;1H2/q;;-1;;. The first-order valence-corrected chi connectivity index (χ1v) is 11.9. The second kappa shape index (κ2) is 12.0. The number of aromatic nitrogens is 6. The number of imidazole rings is 2. The van der Waals surface area contributed by atoms with E-state index >= 15 is 0 Å². The topological polar surface area (TPSA) is 118 Å². The molecule has 0 aliphatic heterocycles. The number of hydrogen-bond donors (Lipinski definition) is 3. The van der Waals surface area contributed by atoms with Crippen molar-refractivity contribution in [2.24, 2.45) is 29.6 Å². The van der Waals surface area contributed by atoms with E-state index in [0.29, 0.717) is 0 Å². The Morgan fingerprint density at radius 2 is 1.06 bits per heavy atom. The van der Waals surface area contributed by atoms with Crippen LogP contribution in [-0.4, -0.2) is 35.6 Å². The average molecular weight is 666 g/mol. The van der Waals surface area contributed by atoms with E-state index in [4.69, 9.17) is 0 Å². The molecule has 0 unspecified atom stereocenters. The Balaban J connectivity index is 0.000000304. The summed E-state index contributed by atoms with van der Waals surface area (Å²) in [5.74, 6) is 6.18. The minimum absolute atomic E-state index is 0. The monoisotopic (exact) mass is 666 g/mol. The van der Waals surface area contributed by atoms with Crippen LogP contribution >= 0.6 is 0 Å². The van der Waals surface area contributed by atoms with Crippen LogP contribution in [0.4, 0.5) is 0 Å². The molecule has 0 atom stereocenters. The number of fused-ring (bicyclic) bond motifs is 2. The zero-order chi connectivity index (χ0) is 23.1. The molecule has 0 bridgehead atoms. The molecule has 6 rings (SSSR count). The van der Waals surface area contributed by atoms with E-state index in [1.807, 2.05) is 54.6 Å². The Labute approximate surface area is 226 Å². The van der Waals surface area contributed by atoms with Gasteiger partial charge in [-0.3, -0.25) is 5.10 Å². The van der Waals surface area contributed by atoms with Crippen molar-refractivity contribution < 1.29 is 25.6 Å². The molecule has 7 nitrogen and oxygen atoms in total. The van der Waals surface area contributed by atoms with Gasteiger partial charge in [-0.15, -0.1) is 0 Å². The summed E-state index contributed by atoms with van der Waals surface area (Å²) in [4.78, 5) is 15.7. The molecule has 195 valence electrons. The largest absolute Gasteiger partial charge is 0.412 e. The van der Waals surface area contributed by atoms with E-state index in [0.717, 1.165) is 74.7 Å². The minimum Gasteiger partial charge on any atom is -0.412 e. The van der Waals surface area contributed by atoms with Gasteiger partial charge in [-0.05, 0) is 59.9 Å². The summed E-state index contributed by atoms with van der Waals surface area (Å²) in [7, 11) is 0. The van der Waals surface area contributed by atoms with Gasteiger partial charge in [0.1, 0.15) is 11.4 Å². The van der Waals surface area contributed by atoms with E-state index in [9.17, 15) is 0 Å². The average Bonchev–Trinajstić information content (AvgIpc) is 3.60. The second-order valence-electron chi connectivity index (χ2n) is 9.67. The van der Waals surface area contributed by atoms with Gasteiger partial charge in [0, 0.05) is 20.1 Å². The van der Waals surface area contributed by atoms with Gasteiger partial charge in [0.15, 0.2) is 11.6 Å². The summed E-state index contributed by atoms with van der Waals surface area (Å²) in [5.41, 5.74) is 5.45. The zero-order valence-corrected chi connectivity index (χ0v) is 24.2. The Morgan fingerprint density at radius 1 is 0.639 bits per heavy atom. The van der Waals surface area contributed by atoms with E-state index in [-0.39, 0.29) is 33.0 Å². The van der Waals surface area contributed by atoms with Gasteiger partial charge < -0.3 is 22.9 Å². The number of benzene rings is 2. The van der Waals surface area contributed by atoms with Crippen LogP contribution in [0.15, 0.2) is 54.6 Å².